The molecule has 0 radical (unpaired) electrons. The molecule has 4 rings (SSSR count). The molecule has 2 bridgehead atoms. The molecule has 4 atom stereocenters. The number of nitrogens with one attached hydrogen (secondary N) is 1. The van der Waals surface area contributed by atoms with Gasteiger partial charge in [0, 0.05) is 25.7 Å². The van der Waals surface area contributed by atoms with Gasteiger partial charge in [0.2, 0.25) is 5.75 Å². The standard InChI is InChI=1S/C24H34N2O4/c1-28-20-12-11-19(22(29-2)23(20)30-3)24(27)25-21-17-9-10-18(21)15-26(14-17)13-16-7-5-4-6-8-16/h4-5,11-12,16-18,21H,6-10,13-15H2,1-3H3,(H,25,27)/t16?,17-,18+,21?. The fraction of sp³-hybridized carbons (Fsp3) is 0.625. The van der Waals surface area contributed by atoms with Crippen molar-refractivity contribution in [3.63, 3.8) is 0 Å². The van der Waals surface area contributed by atoms with E-state index in [1.807, 2.05) is 0 Å². The van der Waals surface area contributed by atoms with Gasteiger partial charge in [-0.2, -0.15) is 0 Å². The van der Waals surface area contributed by atoms with Crippen molar-refractivity contribution in [1.82, 2.24) is 10.2 Å². The van der Waals surface area contributed by atoms with E-state index in [1.165, 1.54) is 38.6 Å². The number of ether oxygens (including phenoxy) is 3. The SMILES string of the molecule is COc1ccc(C(=O)NC2[C@@H]3CC[C@H]2CN(CC2CC=CCC2)C3)c(OC)c1OC. The van der Waals surface area contributed by atoms with Crippen LogP contribution in [0.1, 0.15) is 42.5 Å². The molecule has 0 aromatic heterocycles. The third-order valence-corrected chi connectivity index (χ3v) is 7.05. The molecular formula is C24H34N2O4. The van der Waals surface area contributed by atoms with Gasteiger partial charge in [-0.3, -0.25) is 4.79 Å². The first-order valence-corrected chi connectivity index (χ1v) is 11.1. The summed E-state index contributed by atoms with van der Waals surface area (Å²) in [4.78, 5) is 15.8. The summed E-state index contributed by atoms with van der Waals surface area (Å²) in [5.41, 5.74) is 0.492. The smallest absolute Gasteiger partial charge is 0.255 e. The molecule has 2 fully saturated rings. The molecule has 0 spiro atoms. The van der Waals surface area contributed by atoms with E-state index >= 15 is 0 Å². The lowest BCUT2D eigenvalue weighted by molar-refractivity contribution is 0.0800. The van der Waals surface area contributed by atoms with E-state index in [-0.39, 0.29) is 11.9 Å². The molecule has 164 valence electrons. The van der Waals surface area contributed by atoms with Crippen LogP contribution in [-0.4, -0.2) is 57.8 Å². The zero-order valence-corrected chi connectivity index (χ0v) is 18.4. The van der Waals surface area contributed by atoms with Crippen molar-refractivity contribution in [1.29, 1.82) is 0 Å². The van der Waals surface area contributed by atoms with Gasteiger partial charge in [-0.1, -0.05) is 12.2 Å². The first kappa shape index (κ1) is 21.0. The lowest BCUT2D eigenvalue weighted by Gasteiger charge is -2.40. The van der Waals surface area contributed by atoms with Crippen LogP contribution in [0.2, 0.25) is 0 Å². The number of carbonyl (C=O) groups excluding carboxylic acids is 1. The highest BCUT2D eigenvalue weighted by Crippen LogP contribution is 2.41. The molecule has 2 aliphatic carbocycles. The number of hydrogen-bond acceptors (Lipinski definition) is 5. The number of allylic oxidation sites excluding steroid dienone is 2. The topological polar surface area (TPSA) is 60.0 Å². The van der Waals surface area contributed by atoms with Gasteiger partial charge < -0.3 is 24.4 Å². The van der Waals surface area contributed by atoms with Crippen LogP contribution in [0.15, 0.2) is 24.3 Å². The Labute approximate surface area is 179 Å². The second-order valence-corrected chi connectivity index (χ2v) is 8.85. The molecular weight excluding hydrogens is 380 g/mol. The summed E-state index contributed by atoms with van der Waals surface area (Å²) in [6.45, 7) is 3.37. The van der Waals surface area contributed by atoms with E-state index in [2.05, 4.69) is 22.4 Å². The first-order valence-electron chi connectivity index (χ1n) is 11.1. The zero-order valence-electron chi connectivity index (χ0n) is 18.4. The van der Waals surface area contributed by atoms with Crippen molar-refractivity contribution in [2.24, 2.45) is 17.8 Å². The van der Waals surface area contributed by atoms with Crippen molar-refractivity contribution >= 4 is 5.91 Å². The molecule has 1 heterocycles. The Morgan fingerprint density at radius 3 is 2.33 bits per heavy atom. The number of fused-ring (bicyclic) bond motifs is 2. The number of likely N-dealkylation sites (tertiary alicyclic amines) is 1. The minimum absolute atomic E-state index is 0.0967. The normalized spacial score (nSPS) is 28.2. The number of carbonyl (C=O) groups is 1. The monoisotopic (exact) mass is 414 g/mol. The Morgan fingerprint density at radius 1 is 1.00 bits per heavy atom. The molecule has 6 heteroatoms. The largest absolute Gasteiger partial charge is 0.493 e. The molecule has 3 aliphatic rings. The first-order chi connectivity index (χ1) is 14.6. The third kappa shape index (κ3) is 4.15. The summed E-state index contributed by atoms with van der Waals surface area (Å²) in [7, 11) is 4.68. The van der Waals surface area contributed by atoms with E-state index in [4.69, 9.17) is 14.2 Å². The molecule has 1 aromatic carbocycles. The van der Waals surface area contributed by atoms with Crippen LogP contribution < -0.4 is 19.5 Å². The molecule has 1 amide bonds. The van der Waals surface area contributed by atoms with E-state index in [0.29, 0.717) is 34.6 Å². The number of hydrogen-bond donors (Lipinski definition) is 1. The summed E-state index contributed by atoms with van der Waals surface area (Å²) in [6, 6.07) is 3.74. The Morgan fingerprint density at radius 2 is 1.73 bits per heavy atom. The van der Waals surface area contributed by atoms with Gasteiger partial charge in [0.15, 0.2) is 11.5 Å². The quantitative estimate of drug-likeness (QED) is 0.692. The molecule has 1 N–H and O–H groups in total. The number of methoxy groups -OCH3 is 3. The molecule has 30 heavy (non-hydrogen) atoms. The van der Waals surface area contributed by atoms with Crippen LogP contribution >= 0.6 is 0 Å². The number of nitrogens with zero attached hydrogens (tertiary/aromatic N) is 1. The summed E-state index contributed by atoms with van der Waals surface area (Å²) in [6.07, 6.45) is 10.8. The maximum atomic E-state index is 13.2. The van der Waals surface area contributed by atoms with Crippen LogP contribution in [-0.2, 0) is 0 Å². The maximum Gasteiger partial charge on any atom is 0.255 e. The number of piperidine rings is 1. The highest BCUT2D eigenvalue weighted by molar-refractivity contribution is 5.98. The molecule has 1 saturated carbocycles. The average Bonchev–Trinajstić information content (AvgIpc) is 3.00. The van der Waals surface area contributed by atoms with Gasteiger partial charge in [0.1, 0.15) is 0 Å². The fourth-order valence-corrected chi connectivity index (χ4v) is 5.60. The van der Waals surface area contributed by atoms with Crippen molar-refractivity contribution in [3.8, 4) is 17.2 Å². The van der Waals surface area contributed by atoms with E-state index in [1.54, 1.807) is 33.5 Å². The molecule has 1 aromatic rings. The minimum Gasteiger partial charge on any atom is -0.493 e. The summed E-state index contributed by atoms with van der Waals surface area (Å²) in [5, 5.41) is 3.33. The highest BCUT2D eigenvalue weighted by Gasteiger charge is 2.43. The van der Waals surface area contributed by atoms with Crippen molar-refractivity contribution in [2.45, 2.75) is 38.1 Å². The van der Waals surface area contributed by atoms with Crippen LogP contribution in [0, 0.1) is 17.8 Å². The lowest BCUT2D eigenvalue weighted by Crippen LogP contribution is -2.53. The second-order valence-electron chi connectivity index (χ2n) is 8.85. The molecule has 6 nitrogen and oxygen atoms in total. The number of benzene rings is 1. The van der Waals surface area contributed by atoms with Gasteiger partial charge in [-0.05, 0) is 62.0 Å². The predicted molar refractivity (Wildman–Crippen MR) is 116 cm³/mol. The Bertz CT molecular complexity index is 780. The van der Waals surface area contributed by atoms with Crippen molar-refractivity contribution < 1.29 is 19.0 Å². The van der Waals surface area contributed by atoms with Gasteiger partial charge in [0.05, 0.1) is 26.9 Å². The second kappa shape index (κ2) is 9.29. The number of amides is 1. The maximum absolute atomic E-state index is 13.2. The van der Waals surface area contributed by atoms with E-state index in [9.17, 15) is 4.79 Å². The van der Waals surface area contributed by atoms with Crippen LogP contribution in [0.4, 0.5) is 0 Å². The Kier molecular flexibility index (Phi) is 6.52. The van der Waals surface area contributed by atoms with Gasteiger partial charge in [-0.25, -0.2) is 0 Å². The Hall–Kier alpha value is -2.21. The van der Waals surface area contributed by atoms with Gasteiger partial charge >= 0.3 is 0 Å². The van der Waals surface area contributed by atoms with Crippen LogP contribution in [0.5, 0.6) is 17.2 Å². The van der Waals surface area contributed by atoms with Gasteiger partial charge in [0.25, 0.3) is 5.91 Å². The molecule has 1 aliphatic heterocycles. The van der Waals surface area contributed by atoms with Crippen LogP contribution in [0.3, 0.4) is 0 Å². The summed E-state index contributed by atoms with van der Waals surface area (Å²) in [5.74, 6) is 3.17. The summed E-state index contributed by atoms with van der Waals surface area (Å²) >= 11 is 0. The lowest BCUT2D eigenvalue weighted by atomic mass is 9.89. The van der Waals surface area contributed by atoms with Crippen molar-refractivity contribution in [2.75, 3.05) is 41.0 Å². The zero-order chi connectivity index (χ0) is 21.1. The van der Waals surface area contributed by atoms with Crippen LogP contribution in [0.25, 0.3) is 0 Å². The Balaban J connectivity index is 1.43. The molecule has 1 saturated heterocycles. The minimum atomic E-state index is -0.0967. The predicted octanol–water partition coefficient (Wildman–Crippen LogP) is 3.51. The fourth-order valence-electron chi connectivity index (χ4n) is 5.60. The number of rotatable bonds is 7. The molecule has 2 unspecified atom stereocenters. The van der Waals surface area contributed by atoms with E-state index < -0.39 is 0 Å². The average molecular weight is 415 g/mol. The highest BCUT2D eigenvalue weighted by atomic mass is 16.5. The van der Waals surface area contributed by atoms with E-state index in [0.717, 1.165) is 19.0 Å². The van der Waals surface area contributed by atoms with Gasteiger partial charge in [-0.15, -0.1) is 0 Å². The third-order valence-electron chi connectivity index (χ3n) is 7.05. The summed E-state index contributed by atoms with van der Waals surface area (Å²) < 4.78 is 16.3. The van der Waals surface area contributed by atoms with Crippen molar-refractivity contribution in [3.05, 3.63) is 29.8 Å².